The molecule has 188 valence electrons. The minimum absolute atomic E-state index is 0.148. The highest BCUT2D eigenvalue weighted by molar-refractivity contribution is 6.30. The highest BCUT2D eigenvalue weighted by atomic mass is 35.5. The van der Waals surface area contributed by atoms with E-state index in [4.69, 9.17) is 11.6 Å². The maximum Gasteiger partial charge on any atom is 0.309 e. The van der Waals surface area contributed by atoms with E-state index < -0.39 is 16.9 Å². The Hall–Kier alpha value is -2.37. The van der Waals surface area contributed by atoms with Crippen LogP contribution in [0.4, 0.5) is 10.1 Å². The van der Waals surface area contributed by atoms with Crippen LogP contribution in [0.25, 0.3) is 0 Å². The van der Waals surface area contributed by atoms with E-state index >= 15 is 0 Å². The molecule has 4 bridgehead atoms. The lowest BCUT2D eigenvalue weighted by atomic mass is 9.48. The Morgan fingerprint density at radius 3 is 2.46 bits per heavy atom. The summed E-state index contributed by atoms with van der Waals surface area (Å²) in [6.45, 7) is 6.84. The number of aliphatic imine (C=N–C) groups is 1. The minimum Gasteiger partial charge on any atom is -0.481 e. The molecule has 35 heavy (non-hydrogen) atoms. The van der Waals surface area contributed by atoms with Crippen LogP contribution in [0.3, 0.4) is 0 Å². The average Bonchev–Trinajstić information content (AvgIpc) is 2.80. The van der Waals surface area contributed by atoms with Gasteiger partial charge in [-0.1, -0.05) is 11.6 Å². The van der Waals surface area contributed by atoms with Crippen LogP contribution < -0.4 is 10.2 Å². The Morgan fingerprint density at radius 2 is 1.89 bits per heavy atom. The zero-order chi connectivity index (χ0) is 25.0. The first kappa shape index (κ1) is 24.3. The van der Waals surface area contributed by atoms with E-state index in [1.165, 1.54) is 6.07 Å². The van der Waals surface area contributed by atoms with Gasteiger partial charge >= 0.3 is 5.97 Å². The second-order valence-corrected chi connectivity index (χ2v) is 11.9. The number of anilines is 1. The first-order valence-corrected chi connectivity index (χ1v) is 12.9. The van der Waals surface area contributed by atoms with E-state index in [1.54, 1.807) is 12.1 Å². The Kier molecular flexibility index (Phi) is 6.21. The molecule has 0 radical (unpaired) electrons. The first-order chi connectivity index (χ1) is 16.6. The van der Waals surface area contributed by atoms with Crippen molar-refractivity contribution in [3.05, 3.63) is 29.0 Å². The van der Waals surface area contributed by atoms with Crippen LogP contribution in [0.15, 0.2) is 23.2 Å². The van der Waals surface area contributed by atoms with E-state index in [0.29, 0.717) is 73.3 Å². The number of hydrogen-bond acceptors (Lipinski definition) is 5. The summed E-state index contributed by atoms with van der Waals surface area (Å²) in [7, 11) is 0. The maximum atomic E-state index is 14.4. The summed E-state index contributed by atoms with van der Waals surface area (Å²) in [6, 6.07) is 4.92. The Bertz CT molecular complexity index is 1060. The standard InChI is InChI=1S/C26H33ClFN5O2/c1-25(2,33-7-5-32(6-8-33)21-4-3-19(27)11-20(21)28)23(30-15-29)31-22-17-9-16-10-18(22)14-26(12-16,13-17)24(34)35/h3-4,11,16-18,22H,5-10,12-14H2,1-2H3,(H,30,31)(H,34,35). The van der Waals surface area contributed by atoms with Gasteiger partial charge in [-0.05, 0) is 81.9 Å². The van der Waals surface area contributed by atoms with E-state index in [0.717, 1.165) is 19.3 Å². The molecule has 4 aliphatic carbocycles. The van der Waals surface area contributed by atoms with Crippen molar-refractivity contribution in [2.75, 3.05) is 31.1 Å². The summed E-state index contributed by atoms with van der Waals surface area (Å²) < 4.78 is 14.4. The number of nitrogens with one attached hydrogen (secondary N) is 1. The van der Waals surface area contributed by atoms with Crippen LogP contribution in [-0.4, -0.2) is 59.6 Å². The van der Waals surface area contributed by atoms with Crippen molar-refractivity contribution in [2.24, 2.45) is 28.2 Å². The summed E-state index contributed by atoms with van der Waals surface area (Å²) in [5.74, 6) is 0.764. The summed E-state index contributed by atoms with van der Waals surface area (Å²) in [5.41, 5.74) is -0.527. The highest BCUT2D eigenvalue weighted by Gasteiger charge is 2.59. The number of nitrogens with zero attached hydrogens (tertiary/aromatic N) is 4. The molecule has 9 heteroatoms. The van der Waals surface area contributed by atoms with Crippen LogP contribution in [0.5, 0.6) is 0 Å². The normalized spacial score (nSPS) is 33.0. The Labute approximate surface area is 210 Å². The molecule has 4 saturated carbocycles. The number of amidine groups is 1. The van der Waals surface area contributed by atoms with Crippen molar-refractivity contribution in [2.45, 2.75) is 57.5 Å². The third-order valence-corrected chi connectivity index (χ3v) is 9.33. The first-order valence-electron chi connectivity index (χ1n) is 12.6. The van der Waals surface area contributed by atoms with Crippen molar-refractivity contribution < 1.29 is 14.3 Å². The zero-order valence-corrected chi connectivity index (χ0v) is 21.1. The van der Waals surface area contributed by atoms with Crippen molar-refractivity contribution in [1.29, 1.82) is 5.26 Å². The maximum absolute atomic E-state index is 14.4. The number of nitriles is 1. The molecule has 0 amide bonds. The van der Waals surface area contributed by atoms with Crippen LogP contribution in [0.1, 0.15) is 46.0 Å². The molecular weight excluding hydrogens is 469 g/mol. The molecule has 5 fully saturated rings. The van der Waals surface area contributed by atoms with Crippen LogP contribution in [0, 0.1) is 40.4 Å². The Balaban J connectivity index is 1.29. The molecule has 2 N–H and O–H groups in total. The lowest BCUT2D eigenvalue weighted by Crippen LogP contribution is -2.66. The zero-order valence-electron chi connectivity index (χ0n) is 20.3. The third-order valence-electron chi connectivity index (χ3n) is 9.09. The van der Waals surface area contributed by atoms with Gasteiger partial charge in [0, 0.05) is 37.2 Å². The number of rotatable bonds is 5. The van der Waals surface area contributed by atoms with Crippen molar-refractivity contribution in [3.63, 3.8) is 0 Å². The van der Waals surface area contributed by atoms with Gasteiger partial charge in [-0.2, -0.15) is 10.3 Å². The monoisotopic (exact) mass is 501 g/mol. The van der Waals surface area contributed by atoms with Gasteiger partial charge in [0.25, 0.3) is 0 Å². The number of carbonyl (C=O) groups is 1. The van der Waals surface area contributed by atoms with Gasteiger partial charge in [0.05, 0.1) is 16.6 Å². The quantitative estimate of drug-likeness (QED) is 0.358. The second-order valence-electron chi connectivity index (χ2n) is 11.4. The van der Waals surface area contributed by atoms with Gasteiger partial charge in [-0.3, -0.25) is 9.69 Å². The second kappa shape index (κ2) is 8.94. The third kappa shape index (κ3) is 4.27. The largest absolute Gasteiger partial charge is 0.481 e. The van der Waals surface area contributed by atoms with Crippen molar-refractivity contribution >= 4 is 29.1 Å². The highest BCUT2D eigenvalue weighted by Crippen LogP contribution is 2.60. The lowest BCUT2D eigenvalue weighted by Gasteiger charge is -2.59. The van der Waals surface area contributed by atoms with Gasteiger partial charge in [0.2, 0.25) is 6.19 Å². The number of piperazine rings is 1. The lowest BCUT2D eigenvalue weighted by molar-refractivity contribution is -0.166. The fourth-order valence-electron chi connectivity index (χ4n) is 7.47. The number of hydrogen-bond donors (Lipinski definition) is 2. The number of aliphatic carboxylic acids is 1. The van der Waals surface area contributed by atoms with Crippen molar-refractivity contribution in [3.8, 4) is 6.19 Å². The number of carboxylic acid groups (broad SMARTS) is 1. The number of benzene rings is 1. The summed E-state index contributed by atoms with van der Waals surface area (Å²) in [4.78, 5) is 20.6. The molecule has 1 aromatic rings. The molecule has 2 atom stereocenters. The molecule has 6 rings (SSSR count). The van der Waals surface area contributed by atoms with Crippen molar-refractivity contribution in [1.82, 2.24) is 10.2 Å². The van der Waals surface area contributed by atoms with E-state index in [9.17, 15) is 19.6 Å². The van der Waals surface area contributed by atoms with Crippen LogP contribution in [-0.2, 0) is 4.79 Å². The van der Waals surface area contributed by atoms with E-state index in [2.05, 4.69) is 29.1 Å². The summed E-state index contributed by atoms with van der Waals surface area (Å²) >= 11 is 5.91. The SMILES string of the molecule is CC(C)(/C(=N/C#N)NC1C2CC3CC1CC(C(=O)O)(C3)C2)N1CCN(c2ccc(Cl)cc2F)CC1. The van der Waals surface area contributed by atoms with E-state index in [1.807, 2.05) is 11.1 Å². The van der Waals surface area contributed by atoms with E-state index in [-0.39, 0.29) is 11.9 Å². The van der Waals surface area contributed by atoms with Crippen LogP contribution in [0.2, 0.25) is 5.02 Å². The average molecular weight is 502 g/mol. The molecule has 1 heterocycles. The van der Waals surface area contributed by atoms with Gasteiger partial charge in [-0.25, -0.2) is 4.39 Å². The fourth-order valence-corrected chi connectivity index (χ4v) is 7.63. The summed E-state index contributed by atoms with van der Waals surface area (Å²) in [5, 5.41) is 23.5. The predicted octanol–water partition coefficient (Wildman–Crippen LogP) is 4.13. The Morgan fingerprint density at radius 1 is 1.23 bits per heavy atom. The van der Waals surface area contributed by atoms with Gasteiger partial charge in [0.15, 0.2) is 0 Å². The summed E-state index contributed by atoms with van der Waals surface area (Å²) in [6.07, 6.45) is 6.32. The van der Waals surface area contributed by atoms with Gasteiger partial charge < -0.3 is 15.3 Å². The molecule has 1 aliphatic heterocycles. The fraction of sp³-hybridized carbons (Fsp3) is 0.654. The number of halogens is 2. The molecule has 1 saturated heterocycles. The molecule has 5 aliphatic rings. The smallest absolute Gasteiger partial charge is 0.309 e. The van der Waals surface area contributed by atoms with Gasteiger partial charge in [-0.15, -0.1) is 0 Å². The number of carboxylic acids is 1. The van der Waals surface area contributed by atoms with Crippen LogP contribution >= 0.6 is 11.6 Å². The van der Waals surface area contributed by atoms with Gasteiger partial charge in [0.1, 0.15) is 11.7 Å². The topological polar surface area (TPSA) is 92.0 Å². The minimum atomic E-state index is -0.642. The molecule has 7 nitrogen and oxygen atoms in total. The molecule has 2 unspecified atom stereocenters. The molecule has 0 spiro atoms. The molecule has 0 aromatic heterocycles. The predicted molar refractivity (Wildman–Crippen MR) is 133 cm³/mol. The molecular formula is C26H33ClFN5O2. The molecule has 1 aromatic carbocycles.